The van der Waals surface area contributed by atoms with E-state index in [1.807, 2.05) is 0 Å². The number of carbonyl (C=O) groups excluding carboxylic acids is 1. The van der Waals surface area contributed by atoms with Crippen LogP contribution in [-0.2, 0) is 15.7 Å². The van der Waals surface area contributed by atoms with E-state index >= 15 is 0 Å². The fourth-order valence-corrected chi connectivity index (χ4v) is 1.85. The van der Waals surface area contributed by atoms with Crippen molar-refractivity contribution in [3.63, 3.8) is 0 Å². The van der Waals surface area contributed by atoms with Crippen molar-refractivity contribution in [2.24, 2.45) is 0 Å². The molecule has 0 radical (unpaired) electrons. The number of rotatable bonds is 1. The van der Waals surface area contributed by atoms with E-state index in [-0.39, 0.29) is 5.82 Å². The molecular weight excluding hydrogens is 237 g/mol. The number of hydrogen-bond donors (Lipinski definition) is 0. The first-order chi connectivity index (χ1) is 7.89. The van der Waals surface area contributed by atoms with Gasteiger partial charge in [-0.15, -0.1) is 0 Å². The van der Waals surface area contributed by atoms with E-state index in [2.05, 4.69) is 4.98 Å². The Kier molecular flexibility index (Phi) is 2.84. The molecule has 1 unspecified atom stereocenters. The van der Waals surface area contributed by atoms with Crippen LogP contribution in [-0.4, -0.2) is 22.1 Å². The van der Waals surface area contributed by atoms with Gasteiger partial charge in [0.25, 0.3) is 0 Å². The smallest absolute Gasteiger partial charge is 0.434 e. The summed E-state index contributed by atoms with van der Waals surface area (Å²) < 4.78 is 43.4. The highest BCUT2D eigenvalue weighted by Gasteiger charge is 2.36. The number of aryl methyl sites for hydroxylation is 1. The van der Waals surface area contributed by atoms with Crippen LogP contribution >= 0.6 is 0 Å². The van der Waals surface area contributed by atoms with Crippen LogP contribution in [0.1, 0.15) is 30.4 Å². The first kappa shape index (κ1) is 11.9. The topological polar surface area (TPSA) is 44.1 Å². The third-order valence-corrected chi connectivity index (χ3v) is 2.68. The van der Waals surface area contributed by atoms with Crippen molar-refractivity contribution in [3.05, 3.63) is 17.7 Å². The zero-order chi connectivity index (χ0) is 12.6. The molecule has 17 heavy (non-hydrogen) atoms. The molecule has 94 valence electrons. The normalized spacial score (nSPS) is 21.4. The van der Waals surface area contributed by atoms with E-state index in [4.69, 9.17) is 4.74 Å². The Hall–Kier alpha value is -1.53. The minimum Gasteiger partial charge on any atom is -0.464 e. The van der Waals surface area contributed by atoms with Crippen molar-refractivity contribution in [2.75, 3.05) is 6.61 Å². The predicted octanol–water partition coefficient (Wildman–Crippen LogP) is 2.09. The van der Waals surface area contributed by atoms with Gasteiger partial charge in [0.2, 0.25) is 0 Å². The van der Waals surface area contributed by atoms with E-state index in [0.717, 1.165) is 6.20 Å². The van der Waals surface area contributed by atoms with Gasteiger partial charge in [0, 0.05) is 6.20 Å². The average Bonchev–Trinajstić information content (AvgIpc) is 2.61. The molecule has 0 N–H and O–H groups in total. The van der Waals surface area contributed by atoms with Gasteiger partial charge in [-0.05, 0) is 19.8 Å². The lowest BCUT2D eigenvalue weighted by molar-refractivity contribution is -0.152. The highest BCUT2D eigenvalue weighted by atomic mass is 19.4. The molecule has 2 heterocycles. The number of nitrogens with zero attached hydrogens (tertiary/aromatic N) is 2. The summed E-state index contributed by atoms with van der Waals surface area (Å²) in [4.78, 5) is 14.9. The minimum atomic E-state index is -4.49. The molecule has 1 aliphatic rings. The van der Waals surface area contributed by atoms with Crippen molar-refractivity contribution in [3.8, 4) is 0 Å². The van der Waals surface area contributed by atoms with Crippen molar-refractivity contribution in [1.82, 2.24) is 9.55 Å². The number of ether oxygens (including phenoxy) is 1. The molecule has 0 spiro atoms. The van der Waals surface area contributed by atoms with E-state index in [1.165, 1.54) is 11.5 Å². The third-order valence-electron chi connectivity index (χ3n) is 2.68. The zero-order valence-corrected chi connectivity index (χ0v) is 9.12. The maximum atomic E-state index is 12.5. The van der Waals surface area contributed by atoms with E-state index in [9.17, 15) is 18.0 Å². The molecule has 1 saturated heterocycles. The van der Waals surface area contributed by atoms with Crippen LogP contribution in [0.3, 0.4) is 0 Å². The number of alkyl halides is 3. The van der Waals surface area contributed by atoms with Crippen molar-refractivity contribution >= 4 is 5.97 Å². The largest absolute Gasteiger partial charge is 0.464 e. The molecule has 1 atom stereocenters. The van der Waals surface area contributed by atoms with Gasteiger partial charge in [-0.2, -0.15) is 13.2 Å². The number of carbonyl (C=O) groups is 1. The molecule has 2 rings (SSSR count). The number of halogens is 3. The van der Waals surface area contributed by atoms with E-state index in [0.29, 0.717) is 19.4 Å². The number of hydrogen-bond acceptors (Lipinski definition) is 3. The lowest BCUT2D eigenvalue weighted by Crippen LogP contribution is -2.27. The molecule has 1 aliphatic heterocycles. The molecule has 7 heteroatoms. The van der Waals surface area contributed by atoms with Crippen LogP contribution in [0.5, 0.6) is 0 Å². The van der Waals surface area contributed by atoms with E-state index in [1.54, 1.807) is 0 Å². The maximum absolute atomic E-state index is 12.5. The van der Waals surface area contributed by atoms with Crippen LogP contribution in [0.25, 0.3) is 0 Å². The summed E-state index contributed by atoms with van der Waals surface area (Å²) in [5.41, 5.74) is -0.978. The SMILES string of the molecule is Cc1nc(C(F)(F)F)cn1C1CCCOC1=O. The van der Waals surface area contributed by atoms with Crippen molar-refractivity contribution < 1.29 is 22.7 Å². The van der Waals surface area contributed by atoms with Crippen LogP contribution in [0, 0.1) is 6.92 Å². The monoisotopic (exact) mass is 248 g/mol. The Bertz CT molecular complexity index is 439. The molecule has 1 aromatic heterocycles. The Labute approximate surface area is 95.4 Å². The van der Waals surface area contributed by atoms with Gasteiger partial charge < -0.3 is 9.30 Å². The molecule has 1 aromatic rings. The fraction of sp³-hybridized carbons (Fsp3) is 0.600. The van der Waals surface area contributed by atoms with E-state index < -0.39 is 23.9 Å². The average molecular weight is 248 g/mol. The highest BCUT2D eigenvalue weighted by Crippen LogP contribution is 2.31. The van der Waals surface area contributed by atoms with Crippen LogP contribution in [0.4, 0.5) is 13.2 Å². The highest BCUT2D eigenvalue weighted by molar-refractivity contribution is 5.74. The number of esters is 1. The summed E-state index contributed by atoms with van der Waals surface area (Å²) in [5.74, 6) is -0.327. The van der Waals surface area contributed by atoms with Gasteiger partial charge in [0.15, 0.2) is 5.69 Å². The molecule has 1 fully saturated rings. The van der Waals surface area contributed by atoms with Gasteiger partial charge in [-0.25, -0.2) is 9.78 Å². The molecular formula is C10H11F3N2O2. The molecule has 0 saturated carbocycles. The van der Waals surface area contributed by atoms with Gasteiger partial charge in [-0.1, -0.05) is 0 Å². The maximum Gasteiger partial charge on any atom is 0.434 e. The second-order valence-electron chi connectivity index (χ2n) is 3.90. The minimum absolute atomic E-state index is 0.168. The van der Waals surface area contributed by atoms with Crippen LogP contribution in [0.2, 0.25) is 0 Å². The molecule has 0 amide bonds. The first-order valence-electron chi connectivity index (χ1n) is 5.19. The summed E-state index contributed by atoms with van der Waals surface area (Å²) in [7, 11) is 0. The van der Waals surface area contributed by atoms with Crippen molar-refractivity contribution in [1.29, 1.82) is 0 Å². The Balaban J connectivity index is 2.32. The second kappa shape index (κ2) is 4.05. The van der Waals surface area contributed by atoms with Crippen LogP contribution < -0.4 is 0 Å². The number of aromatic nitrogens is 2. The summed E-state index contributed by atoms with van der Waals surface area (Å²) in [6.45, 7) is 1.77. The summed E-state index contributed by atoms with van der Waals surface area (Å²) in [6, 6.07) is -0.688. The lowest BCUT2D eigenvalue weighted by Gasteiger charge is -2.22. The third kappa shape index (κ3) is 2.27. The predicted molar refractivity (Wildman–Crippen MR) is 51.2 cm³/mol. The van der Waals surface area contributed by atoms with Gasteiger partial charge in [0.05, 0.1) is 6.61 Å². The first-order valence-corrected chi connectivity index (χ1v) is 5.19. The summed E-state index contributed by atoms with van der Waals surface area (Å²) in [5, 5.41) is 0. The van der Waals surface area contributed by atoms with Gasteiger partial charge >= 0.3 is 12.1 Å². The number of cyclic esters (lactones) is 1. The van der Waals surface area contributed by atoms with Gasteiger partial charge in [0.1, 0.15) is 11.9 Å². The zero-order valence-electron chi connectivity index (χ0n) is 9.12. The quantitative estimate of drug-likeness (QED) is 0.715. The molecule has 0 aromatic carbocycles. The van der Waals surface area contributed by atoms with Crippen molar-refractivity contribution in [2.45, 2.75) is 32.0 Å². The number of imidazole rings is 1. The lowest BCUT2D eigenvalue weighted by atomic mass is 10.1. The second-order valence-corrected chi connectivity index (χ2v) is 3.90. The molecule has 4 nitrogen and oxygen atoms in total. The fourth-order valence-electron chi connectivity index (χ4n) is 1.85. The Morgan fingerprint density at radius 3 is 2.76 bits per heavy atom. The molecule has 0 bridgehead atoms. The summed E-state index contributed by atoms with van der Waals surface area (Å²) in [6.07, 6.45) is -2.50. The standard InChI is InChI=1S/C10H11F3N2O2/c1-6-14-8(10(11,12)13)5-15(6)7-3-2-4-17-9(7)16/h5,7H,2-4H2,1H3. The summed E-state index contributed by atoms with van der Waals surface area (Å²) >= 11 is 0. The Morgan fingerprint density at radius 1 is 1.53 bits per heavy atom. The van der Waals surface area contributed by atoms with Gasteiger partial charge in [-0.3, -0.25) is 0 Å². The Morgan fingerprint density at radius 2 is 2.24 bits per heavy atom. The van der Waals surface area contributed by atoms with Crippen LogP contribution in [0.15, 0.2) is 6.20 Å². The molecule has 0 aliphatic carbocycles.